The van der Waals surface area contributed by atoms with Crippen LogP contribution in [0.4, 0.5) is 0 Å². The fourth-order valence-corrected chi connectivity index (χ4v) is 5.84. The third-order valence-corrected chi connectivity index (χ3v) is 7.74. The van der Waals surface area contributed by atoms with E-state index < -0.39 is 10.0 Å². The van der Waals surface area contributed by atoms with Crippen molar-refractivity contribution in [2.75, 3.05) is 39.4 Å². The first kappa shape index (κ1) is 21.7. The lowest BCUT2D eigenvalue weighted by molar-refractivity contribution is -0.140. The molecule has 2 fully saturated rings. The zero-order chi connectivity index (χ0) is 21.8. The summed E-state index contributed by atoms with van der Waals surface area (Å²) in [6, 6.07) is 9.56. The second-order valence-electron chi connectivity index (χ2n) is 7.85. The molecule has 0 N–H and O–H groups in total. The molecule has 2 saturated heterocycles. The van der Waals surface area contributed by atoms with Crippen molar-refractivity contribution in [3.63, 3.8) is 0 Å². The van der Waals surface area contributed by atoms with E-state index in [1.54, 1.807) is 24.0 Å². The van der Waals surface area contributed by atoms with Gasteiger partial charge in [-0.2, -0.15) is 4.31 Å². The van der Waals surface area contributed by atoms with Gasteiger partial charge in [0, 0.05) is 26.2 Å². The Morgan fingerprint density at radius 3 is 2.61 bits per heavy atom. The highest BCUT2D eigenvalue weighted by Crippen LogP contribution is 2.30. The Hall–Kier alpha value is -2.49. The number of hydrogen-bond donors (Lipinski definition) is 0. The summed E-state index contributed by atoms with van der Waals surface area (Å²) in [5.74, 6) is -0.137. The molecule has 2 aromatic rings. The largest absolute Gasteiger partial charge is 0.378 e. The lowest BCUT2D eigenvalue weighted by Gasteiger charge is -2.35. The SMILES string of the molecule is Cc1noc(C=Cc2ccccc2)c1S(=O)(=O)N1CCCC(C(=O)N2CCOCC2)C1. The van der Waals surface area contributed by atoms with Gasteiger partial charge in [0.15, 0.2) is 10.7 Å². The Bertz CT molecular complexity index is 1040. The maximum atomic E-state index is 13.5. The van der Waals surface area contributed by atoms with Gasteiger partial charge in [0.25, 0.3) is 0 Å². The Labute approximate surface area is 182 Å². The molecule has 9 heteroatoms. The van der Waals surface area contributed by atoms with Crippen LogP contribution in [0.2, 0.25) is 0 Å². The fraction of sp³-hybridized carbons (Fsp3) is 0.455. The van der Waals surface area contributed by atoms with Crippen molar-refractivity contribution in [3.8, 4) is 0 Å². The predicted octanol–water partition coefficient (Wildman–Crippen LogP) is 2.41. The standard InChI is InChI=1S/C22H27N3O5S/c1-17-21(20(30-23-17)10-9-18-6-3-2-4-7-18)31(27,28)25-11-5-8-19(16-25)22(26)24-12-14-29-15-13-24/h2-4,6-7,9-10,19H,5,8,11-16H2,1H3. The normalized spacial score (nSPS) is 20.9. The molecule has 1 amide bonds. The van der Waals surface area contributed by atoms with Crippen LogP contribution in [0.1, 0.15) is 29.9 Å². The van der Waals surface area contributed by atoms with E-state index in [0.29, 0.717) is 51.4 Å². The van der Waals surface area contributed by atoms with Crippen LogP contribution in [0, 0.1) is 12.8 Å². The quantitative estimate of drug-likeness (QED) is 0.702. The molecule has 0 aliphatic carbocycles. The molecule has 1 aromatic heterocycles. The van der Waals surface area contributed by atoms with Crippen LogP contribution in [0.5, 0.6) is 0 Å². The van der Waals surface area contributed by atoms with Gasteiger partial charge in [0.1, 0.15) is 5.69 Å². The average molecular weight is 446 g/mol. The number of carbonyl (C=O) groups excluding carboxylic acids is 1. The molecule has 0 saturated carbocycles. The molecular formula is C22H27N3O5S. The lowest BCUT2D eigenvalue weighted by atomic mass is 9.98. The molecule has 2 aliphatic heterocycles. The van der Waals surface area contributed by atoms with Gasteiger partial charge >= 0.3 is 0 Å². The summed E-state index contributed by atoms with van der Waals surface area (Å²) in [4.78, 5) is 14.8. The van der Waals surface area contributed by atoms with Gasteiger partial charge in [-0.25, -0.2) is 8.42 Å². The van der Waals surface area contributed by atoms with Gasteiger partial charge in [-0.1, -0.05) is 41.6 Å². The van der Waals surface area contributed by atoms with E-state index in [4.69, 9.17) is 9.26 Å². The van der Waals surface area contributed by atoms with E-state index in [2.05, 4.69) is 5.16 Å². The summed E-state index contributed by atoms with van der Waals surface area (Å²) >= 11 is 0. The van der Waals surface area contributed by atoms with Crippen molar-refractivity contribution in [2.45, 2.75) is 24.7 Å². The summed E-state index contributed by atoms with van der Waals surface area (Å²) in [6.07, 6.45) is 4.74. The van der Waals surface area contributed by atoms with E-state index in [-0.39, 0.29) is 29.0 Å². The number of rotatable bonds is 5. The molecule has 0 spiro atoms. The maximum absolute atomic E-state index is 13.5. The second-order valence-corrected chi connectivity index (χ2v) is 9.72. The van der Waals surface area contributed by atoms with Gasteiger partial charge in [-0.15, -0.1) is 0 Å². The number of ether oxygens (including phenoxy) is 1. The van der Waals surface area contributed by atoms with Crippen molar-refractivity contribution in [1.82, 2.24) is 14.4 Å². The van der Waals surface area contributed by atoms with Crippen LogP contribution >= 0.6 is 0 Å². The third-order valence-electron chi connectivity index (χ3n) is 5.71. The topological polar surface area (TPSA) is 93.0 Å². The number of carbonyl (C=O) groups is 1. The maximum Gasteiger partial charge on any atom is 0.248 e. The minimum absolute atomic E-state index is 0.00874. The predicted molar refractivity (Wildman–Crippen MR) is 115 cm³/mol. The van der Waals surface area contributed by atoms with Crippen molar-refractivity contribution < 1.29 is 22.5 Å². The van der Waals surface area contributed by atoms with Crippen molar-refractivity contribution >= 4 is 28.1 Å². The lowest BCUT2D eigenvalue weighted by Crippen LogP contribution is -2.49. The van der Waals surface area contributed by atoms with Crippen molar-refractivity contribution in [1.29, 1.82) is 0 Å². The van der Waals surface area contributed by atoms with Crippen LogP contribution in [0.3, 0.4) is 0 Å². The van der Waals surface area contributed by atoms with Crippen LogP contribution in [0.25, 0.3) is 12.2 Å². The van der Waals surface area contributed by atoms with Crippen LogP contribution in [-0.2, 0) is 19.6 Å². The number of hydrogen-bond acceptors (Lipinski definition) is 6. The number of piperidine rings is 1. The summed E-state index contributed by atoms with van der Waals surface area (Å²) < 4.78 is 39.0. The summed E-state index contributed by atoms with van der Waals surface area (Å²) in [5.41, 5.74) is 1.24. The molecule has 0 bridgehead atoms. The monoisotopic (exact) mass is 445 g/mol. The highest BCUT2D eigenvalue weighted by molar-refractivity contribution is 7.89. The Balaban J connectivity index is 1.55. The molecule has 1 atom stereocenters. The van der Waals surface area contributed by atoms with E-state index >= 15 is 0 Å². The molecule has 166 valence electrons. The fourth-order valence-electron chi connectivity index (χ4n) is 4.07. The first-order valence-electron chi connectivity index (χ1n) is 10.5. The third kappa shape index (κ3) is 4.73. The van der Waals surface area contributed by atoms with Gasteiger partial charge in [0.2, 0.25) is 15.9 Å². The number of aromatic nitrogens is 1. The van der Waals surface area contributed by atoms with Crippen LogP contribution in [-0.4, -0.2) is 68.1 Å². The molecule has 3 heterocycles. The molecule has 8 nitrogen and oxygen atoms in total. The summed E-state index contributed by atoms with van der Waals surface area (Å²) in [5, 5.41) is 3.90. The average Bonchev–Trinajstić information content (AvgIpc) is 3.19. The molecule has 31 heavy (non-hydrogen) atoms. The summed E-state index contributed by atoms with van der Waals surface area (Å²) in [6.45, 7) is 4.33. The van der Waals surface area contributed by atoms with E-state index in [9.17, 15) is 13.2 Å². The number of nitrogens with zero attached hydrogens (tertiary/aromatic N) is 3. The zero-order valence-corrected chi connectivity index (χ0v) is 18.4. The number of benzene rings is 1. The van der Waals surface area contributed by atoms with E-state index in [0.717, 1.165) is 5.56 Å². The minimum Gasteiger partial charge on any atom is -0.378 e. The highest BCUT2D eigenvalue weighted by Gasteiger charge is 2.38. The Morgan fingerprint density at radius 1 is 1.13 bits per heavy atom. The van der Waals surface area contributed by atoms with E-state index in [1.165, 1.54) is 4.31 Å². The van der Waals surface area contributed by atoms with E-state index in [1.807, 2.05) is 30.3 Å². The number of sulfonamides is 1. The summed E-state index contributed by atoms with van der Waals surface area (Å²) in [7, 11) is -3.85. The van der Waals surface area contributed by atoms with Crippen LogP contribution < -0.4 is 0 Å². The molecule has 2 aliphatic rings. The number of aryl methyl sites for hydroxylation is 1. The Morgan fingerprint density at radius 2 is 1.87 bits per heavy atom. The first-order chi connectivity index (χ1) is 15.0. The first-order valence-corrected chi connectivity index (χ1v) is 12.0. The smallest absolute Gasteiger partial charge is 0.248 e. The van der Waals surface area contributed by atoms with Crippen molar-refractivity contribution in [2.24, 2.45) is 5.92 Å². The van der Waals surface area contributed by atoms with Gasteiger partial charge in [0.05, 0.1) is 19.1 Å². The zero-order valence-electron chi connectivity index (χ0n) is 17.6. The molecular weight excluding hydrogens is 418 g/mol. The highest BCUT2D eigenvalue weighted by atomic mass is 32.2. The Kier molecular flexibility index (Phi) is 6.54. The van der Waals surface area contributed by atoms with Gasteiger partial charge in [-0.05, 0) is 31.4 Å². The van der Waals surface area contributed by atoms with Gasteiger partial charge < -0.3 is 14.2 Å². The number of amides is 1. The molecule has 1 unspecified atom stereocenters. The number of morpholine rings is 1. The van der Waals surface area contributed by atoms with Crippen molar-refractivity contribution in [3.05, 3.63) is 47.3 Å². The second kappa shape index (κ2) is 9.33. The van der Waals surface area contributed by atoms with Gasteiger partial charge in [-0.3, -0.25) is 4.79 Å². The minimum atomic E-state index is -3.85. The van der Waals surface area contributed by atoms with Crippen LogP contribution in [0.15, 0.2) is 39.8 Å². The molecule has 1 aromatic carbocycles. The molecule has 0 radical (unpaired) electrons. The molecule has 4 rings (SSSR count).